The van der Waals surface area contributed by atoms with E-state index < -0.39 is 12.1 Å². The van der Waals surface area contributed by atoms with Gasteiger partial charge in [-0.1, -0.05) is 5.16 Å². The molecular weight excluding hydrogens is 423 g/mol. The molecule has 2 saturated heterocycles. The van der Waals surface area contributed by atoms with E-state index in [-0.39, 0.29) is 17.6 Å². The molecule has 4 heterocycles. The molecule has 0 saturated carbocycles. The lowest BCUT2D eigenvalue weighted by molar-refractivity contribution is -0.192. The third kappa shape index (κ3) is 5.90. The molecule has 2 aliphatic rings. The molecule has 2 N–H and O–H groups in total. The first-order chi connectivity index (χ1) is 14.7. The molecule has 0 bridgehead atoms. The summed E-state index contributed by atoms with van der Waals surface area (Å²) in [6, 6.07) is 2.04. The Morgan fingerprint density at radius 1 is 1.29 bits per heavy atom. The number of carboxylic acids is 1. The molecule has 10 nitrogen and oxygen atoms in total. The summed E-state index contributed by atoms with van der Waals surface area (Å²) in [5.41, 5.74) is 0.188. The van der Waals surface area contributed by atoms with Gasteiger partial charge in [0, 0.05) is 31.6 Å². The Kier molecular flexibility index (Phi) is 6.73. The second kappa shape index (κ2) is 9.29. The van der Waals surface area contributed by atoms with Gasteiger partial charge in [0.2, 0.25) is 5.95 Å². The van der Waals surface area contributed by atoms with Crippen LogP contribution >= 0.6 is 0 Å². The van der Waals surface area contributed by atoms with Crippen molar-refractivity contribution in [2.24, 2.45) is 0 Å². The zero-order chi connectivity index (χ0) is 22.5. The van der Waals surface area contributed by atoms with E-state index in [0.29, 0.717) is 31.2 Å². The number of carboxylic acid groups (broad SMARTS) is 1. The highest BCUT2D eigenvalue weighted by molar-refractivity contribution is 5.93. The average molecular weight is 443 g/mol. The number of halogens is 3. The first kappa shape index (κ1) is 22.5. The van der Waals surface area contributed by atoms with Crippen LogP contribution in [-0.4, -0.2) is 74.5 Å². The Balaban J connectivity index is 0.000000339. The van der Waals surface area contributed by atoms with Gasteiger partial charge in [-0.15, -0.1) is 0 Å². The molecule has 168 valence electrons. The highest BCUT2D eigenvalue weighted by atomic mass is 19.4. The summed E-state index contributed by atoms with van der Waals surface area (Å²) in [6.07, 6.45) is 3.76. The summed E-state index contributed by atoms with van der Waals surface area (Å²) in [5.74, 6) is -2.18. The highest BCUT2D eigenvalue weighted by Gasteiger charge is 2.45. The summed E-state index contributed by atoms with van der Waals surface area (Å²) < 4.78 is 42.6. The number of aromatic nitrogens is 3. The number of rotatable bonds is 3. The van der Waals surface area contributed by atoms with Crippen molar-refractivity contribution >= 4 is 17.8 Å². The zero-order valence-corrected chi connectivity index (χ0v) is 16.2. The number of alkyl halides is 3. The summed E-state index contributed by atoms with van der Waals surface area (Å²) >= 11 is 0. The Bertz CT molecular complexity index is 880. The maximum Gasteiger partial charge on any atom is 0.490 e. The number of carbonyl (C=O) groups is 2. The van der Waals surface area contributed by atoms with E-state index in [0.717, 1.165) is 19.3 Å². The summed E-state index contributed by atoms with van der Waals surface area (Å²) in [4.78, 5) is 31.6. The van der Waals surface area contributed by atoms with E-state index >= 15 is 0 Å². The predicted octanol–water partition coefficient (Wildman–Crippen LogP) is 1.97. The molecule has 2 aliphatic heterocycles. The van der Waals surface area contributed by atoms with Gasteiger partial charge in [0.15, 0.2) is 0 Å². The second-order valence-corrected chi connectivity index (χ2v) is 7.13. The number of hydrogen-bond donors (Lipinski definition) is 2. The predicted molar refractivity (Wildman–Crippen MR) is 98.1 cm³/mol. The van der Waals surface area contributed by atoms with Crippen LogP contribution < -0.4 is 5.32 Å². The van der Waals surface area contributed by atoms with Crippen LogP contribution in [0.1, 0.15) is 29.6 Å². The number of carbonyl (C=O) groups excluding carboxylic acids is 1. The van der Waals surface area contributed by atoms with Gasteiger partial charge in [-0.25, -0.2) is 14.8 Å². The Morgan fingerprint density at radius 2 is 2.00 bits per heavy atom. The number of likely N-dealkylation sites (tertiary alicyclic amines) is 1. The van der Waals surface area contributed by atoms with Crippen LogP contribution in [0.15, 0.2) is 35.4 Å². The van der Waals surface area contributed by atoms with E-state index in [1.807, 2.05) is 4.90 Å². The first-order valence-electron chi connectivity index (χ1n) is 9.35. The van der Waals surface area contributed by atoms with Crippen molar-refractivity contribution in [2.45, 2.75) is 37.1 Å². The van der Waals surface area contributed by atoms with Crippen molar-refractivity contribution < 1.29 is 37.1 Å². The van der Waals surface area contributed by atoms with Gasteiger partial charge in [-0.05, 0) is 25.3 Å². The second-order valence-electron chi connectivity index (χ2n) is 7.13. The minimum absolute atomic E-state index is 0.0572. The average Bonchev–Trinajstić information content (AvgIpc) is 3.39. The number of aliphatic carboxylic acids is 1. The lowest BCUT2D eigenvalue weighted by atomic mass is 9.89. The number of amides is 1. The molecule has 2 aromatic rings. The molecule has 1 amide bonds. The number of hydrogen-bond acceptors (Lipinski definition) is 8. The van der Waals surface area contributed by atoms with Crippen molar-refractivity contribution in [1.82, 2.24) is 20.0 Å². The molecule has 4 rings (SSSR count). The van der Waals surface area contributed by atoms with Crippen LogP contribution in [-0.2, 0) is 9.53 Å². The summed E-state index contributed by atoms with van der Waals surface area (Å²) in [7, 11) is 0. The van der Waals surface area contributed by atoms with Gasteiger partial charge < -0.3 is 24.6 Å². The lowest BCUT2D eigenvalue weighted by Crippen LogP contribution is -2.47. The minimum Gasteiger partial charge on any atom is -0.475 e. The van der Waals surface area contributed by atoms with Crippen molar-refractivity contribution in [3.05, 3.63) is 36.5 Å². The monoisotopic (exact) mass is 443 g/mol. The Hall–Kier alpha value is -3.22. The van der Waals surface area contributed by atoms with Crippen LogP contribution in [0.4, 0.5) is 19.1 Å². The van der Waals surface area contributed by atoms with E-state index in [1.165, 1.54) is 12.5 Å². The SMILES string of the molecule is O=C(O)C(F)(F)F.O=C(c1cnoc1)N1CC[C@@]2(C[C@H](Nc3ncccn3)CCO2)C1. The molecule has 31 heavy (non-hydrogen) atoms. The maximum absolute atomic E-state index is 12.4. The smallest absolute Gasteiger partial charge is 0.475 e. The molecular formula is C18H20F3N5O5. The van der Waals surface area contributed by atoms with Crippen molar-refractivity contribution in [1.29, 1.82) is 0 Å². The van der Waals surface area contributed by atoms with Crippen molar-refractivity contribution in [3.63, 3.8) is 0 Å². The molecule has 1 spiro atoms. The molecule has 0 aromatic carbocycles. The normalized spacial score (nSPS) is 23.2. The zero-order valence-electron chi connectivity index (χ0n) is 16.2. The van der Waals surface area contributed by atoms with E-state index in [1.54, 1.807) is 18.5 Å². The van der Waals surface area contributed by atoms with Gasteiger partial charge in [0.25, 0.3) is 5.91 Å². The number of anilines is 1. The maximum atomic E-state index is 12.4. The molecule has 2 atom stereocenters. The molecule has 0 radical (unpaired) electrons. The van der Waals surface area contributed by atoms with E-state index in [2.05, 4.69) is 20.4 Å². The minimum atomic E-state index is -5.08. The van der Waals surface area contributed by atoms with Crippen LogP contribution in [0.2, 0.25) is 0 Å². The number of ether oxygens (including phenoxy) is 1. The van der Waals surface area contributed by atoms with Crippen LogP contribution in [0.5, 0.6) is 0 Å². The lowest BCUT2D eigenvalue weighted by Gasteiger charge is -2.38. The molecule has 0 aliphatic carbocycles. The number of nitrogens with one attached hydrogen (secondary N) is 1. The molecule has 13 heteroatoms. The molecule has 2 aromatic heterocycles. The topological polar surface area (TPSA) is 131 Å². The van der Waals surface area contributed by atoms with Crippen LogP contribution in [0.3, 0.4) is 0 Å². The quantitative estimate of drug-likeness (QED) is 0.731. The molecule has 2 fully saturated rings. The highest BCUT2D eigenvalue weighted by Crippen LogP contribution is 2.35. The standard InChI is InChI=1S/C16H19N5O3.C2HF3O2/c22-14(12-9-19-24-10-12)21-6-3-16(11-21)8-13(2-7-23-16)20-15-17-4-1-5-18-15;3-2(4,5)1(6)7/h1,4-5,9-10,13H,2-3,6-8,11H2,(H,17,18,20);(H,6,7)/t13-,16-;/m1./s1. The molecule has 0 unspecified atom stereocenters. The third-order valence-electron chi connectivity index (χ3n) is 4.92. The van der Waals surface area contributed by atoms with Gasteiger partial charge in [-0.2, -0.15) is 13.2 Å². The Morgan fingerprint density at radius 3 is 2.61 bits per heavy atom. The summed E-state index contributed by atoms with van der Waals surface area (Å²) in [5, 5.41) is 14.1. The van der Waals surface area contributed by atoms with Crippen molar-refractivity contribution in [3.8, 4) is 0 Å². The van der Waals surface area contributed by atoms with E-state index in [9.17, 15) is 18.0 Å². The fourth-order valence-electron chi connectivity index (χ4n) is 3.50. The first-order valence-corrected chi connectivity index (χ1v) is 9.35. The number of nitrogens with zero attached hydrogens (tertiary/aromatic N) is 4. The van der Waals surface area contributed by atoms with Crippen LogP contribution in [0.25, 0.3) is 0 Å². The van der Waals surface area contributed by atoms with Crippen LogP contribution in [0, 0.1) is 0 Å². The third-order valence-corrected chi connectivity index (χ3v) is 4.92. The van der Waals surface area contributed by atoms with Gasteiger partial charge in [0.1, 0.15) is 6.26 Å². The Labute approximate surface area is 174 Å². The fourth-order valence-corrected chi connectivity index (χ4v) is 3.50. The van der Waals surface area contributed by atoms with Gasteiger partial charge in [0.05, 0.1) is 23.9 Å². The van der Waals surface area contributed by atoms with Crippen molar-refractivity contribution in [2.75, 3.05) is 25.0 Å². The van der Waals surface area contributed by atoms with E-state index in [4.69, 9.17) is 19.2 Å². The van der Waals surface area contributed by atoms with Gasteiger partial charge in [-0.3, -0.25) is 4.79 Å². The largest absolute Gasteiger partial charge is 0.490 e. The summed E-state index contributed by atoms with van der Waals surface area (Å²) in [6.45, 7) is 1.93. The van der Waals surface area contributed by atoms with Gasteiger partial charge >= 0.3 is 12.1 Å². The fraction of sp³-hybridized carbons (Fsp3) is 0.500.